The van der Waals surface area contributed by atoms with Gasteiger partial charge in [-0.3, -0.25) is 0 Å². The van der Waals surface area contributed by atoms with Gasteiger partial charge in [-0.05, 0) is 56.5 Å². The van der Waals surface area contributed by atoms with E-state index in [0.29, 0.717) is 17.9 Å². The van der Waals surface area contributed by atoms with Gasteiger partial charge in [-0.25, -0.2) is 13.1 Å². The van der Waals surface area contributed by atoms with Gasteiger partial charge in [0, 0.05) is 6.04 Å². The highest BCUT2D eigenvalue weighted by Crippen LogP contribution is 2.28. The number of methoxy groups -OCH3 is 2. The maximum atomic E-state index is 12.5. The van der Waals surface area contributed by atoms with E-state index in [1.54, 1.807) is 38.5 Å². The second kappa shape index (κ2) is 9.06. The van der Waals surface area contributed by atoms with E-state index in [9.17, 15) is 8.42 Å². The number of nitrogens with one attached hydrogen (secondary N) is 1. The summed E-state index contributed by atoms with van der Waals surface area (Å²) in [6.45, 7) is 7.78. The first kappa shape index (κ1) is 21.0. The van der Waals surface area contributed by atoms with Gasteiger partial charge in [-0.1, -0.05) is 35.9 Å². The monoisotopic (exact) mass is 389 g/mol. The molecule has 0 amide bonds. The molecule has 6 heteroatoms. The summed E-state index contributed by atoms with van der Waals surface area (Å²) in [7, 11) is -0.373. The van der Waals surface area contributed by atoms with Gasteiger partial charge in [-0.15, -0.1) is 0 Å². The summed E-state index contributed by atoms with van der Waals surface area (Å²) in [5, 5.41) is 0. The Morgan fingerprint density at radius 3 is 2.30 bits per heavy atom. The molecule has 0 aromatic heterocycles. The average Bonchev–Trinajstić information content (AvgIpc) is 2.65. The lowest BCUT2D eigenvalue weighted by atomic mass is 10.0. The number of benzene rings is 2. The average molecular weight is 390 g/mol. The minimum atomic E-state index is -3.57. The molecule has 2 aromatic rings. The van der Waals surface area contributed by atoms with Crippen LogP contribution in [-0.4, -0.2) is 28.7 Å². The van der Waals surface area contributed by atoms with Crippen molar-refractivity contribution < 1.29 is 17.9 Å². The highest BCUT2D eigenvalue weighted by Gasteiger charge is 2.18. The van der Waals surface area contributed by atoms with Crippen molar-refractivity contribution in [3.05, 3.63) is 65.7 Å². The molecule has 1 N–H and O–H groups in total. The van der Waals surface area contributed by atoms with E-state index < -0.39 is 10.0 Å². The van der Waals surface area contributed by atoms with Crippen molar-refractivity contribution in [3.8, 4) is 11.5 Å². The summed E-state index contributed by atoms with van der Waals surface area (Å²) in [6.07, 6.45) is 1.39. The molecule has 0 saturated carbocycles. The minimum absolute atomic E-state index is 0.257. The van der Waals surface area contributed by atoms with E-state index in [2.05, 4.69) is 11.3 Å². The number of aryl methyl sites for hydroxylation is 2. The largest absolute Gasteiger partial charge is 0.493 e. The molecule has 0 heterocycles. The van der Waals surface area contributed by atoms with Crippen molar-refractivity contribution in [1.82, 2.24) is 4.72 Å². The first-order valence-electron chi connectivity index (χ1n) is 8.74. The summed E-state index contributed by atoms with van der Waals surface area (Å²) in [6, 6.07) is 12.2. The summed E-state index contributed by atoms with van der Waals surface area (Å²) in [5.41, 5.74) is 2.91. The Morgan fingerprint density at radius 2 is 1.70 bits per heavy atom. The molecule has 0 aliphatic rings. The van der Waals surface area contributed by atoms with Crippen LogP contribution in [-0.2, 0) is 16.4 Å². The maximum Gasteiger partial charge on any atom is 0.241 e. The van der Waals surface area contributed by atoms with Gasteiger partial charge in [0.05, 0.1) is 19.1 Å². The number of hydrogen-bond acceptors (Lipinski definition) is 4. The molecule has 0 spiro atoms. The quantitative estimate of drug-likeness (QED) is 0.661. The molecule has 0 bridgehead atoms. The molecule has 5 nitrogen and oxygen atoms in total. The highest BCUT2D eigenvalue weighted by molar-refractivity contribution is 7.89. The van der Waals surface area contributed by atoms with E-state index in [1.807, 2.05) is 32.0 Å². The fourth-order valence-electron chi connectivity index (χ4n) is 2.66. The predicted molar refractivity (Wildman–Crippen MR) is 108 cm³/mol. The molecule has 0 aliphatic heterocycles. The summed E-state index contributed by atoms with van der Waals surface area (Å²) < 4.78 is 38.3. The van der Waals surface area contributed by atoms with Crippen LogP contribution in [0.4, 0.5) is 0 Å². The molecule has 0 fully saturated rings. The Morgan fingerprint density at radius 1 is 1.07 bits per heavy atom. The maximum absolute atomic E-state index is 12.5. The van der Waals surface area contributed by atoms with Gasteiger partial charge in [0.2, 0.25) is 10.0 Å². The van der Waals surface area contributed by atoms with Crippen molar-refractivity contribution in [1.29, 1.82) is 0 Å². The second-order valence-electron chi connectivity index (χ2n) is 6.50. The van der Waals surface area contributed by atoms with Crippen LogP contribution in [0.3, 0.4) is 0 Å². The van der Waals surface area contributed by atoms with Crippen LogP contribution in [0.15, 0.2) is 59.5 Å². The molecule has 27 heavy (non-hydrogen) atoms. The lowest BCUT2D eigenvalue weighted by molar-refractivity contribution is 0.354. The Labute approximate surface area is 162 Å². The van der Waals surface area contributed by atoms with Crippen LogP contribution < -0.4 is 14.2 Å². The predicted octanol–water partition coefficient (Wildman–Crippen LogP) is 3.87. The molecule has 1 unspecified atom stereocenters. The summed E-state index contributed by atoms with van der Waals surface area (Å²) in [4.78, 5) is 0.257. The van der Waals surface area contributed by atoms with Crippen LogP contribution in [0.5, 0.6) is 11.5 Å². The van der Waals surface area contributed by atoms with E-state index in [-0.39, 0.29) is 10.9 Å². The number of ether oxygens (including phenoxy) is 2. The molecule has 2 rings (SSSR count). The zero-order valence-corrected chi connectivity index (χ0v) is 17.1. The lowest BCUT2D eigenvalue weighted by Crippen LogP contribution is -2.33. The third-order valence-electron chi connectivity index (χ3n) is 4.46. The first-order chi connectivity index (χ1) is 12.8. The topological polar surface area (TPSA) is 64.6 Å². The van der Waals surface area contributed by atoms with Crippen LogP contribution in [0.25, 0.3) is 0 Å². The molecule has 2 aromatic carbocycles. The van der Waals surface area contributed by atoms with Gasteiger partial charge < -0.3 is 9.47 Å². The Balaban J connectivity index is 1.98. The molecule has 146 valence electrons. The lowest BCUT2D eigenvalue weighted by Gasteiger charge is -2.17. The fourth-order valence-corrected chi connectivity index (χ4v) is 3.92. The van der Waals surface area contributed by atoms with Crippen molar-refractivity contribution in [2.24, 2.45) is 0 Å². The van der Waals surface area contributed by atoms with Crippen LogP contribution >= 0.6 is 0 Å². The number of sulfonamides is 1. The van der Waals surface area contributed by atoms with Crippen LogP contribution in [0.2, 0.25) is 0 Å². The molecule has 1 atom stereocenters. The van der Waals surface area contributed by atoms with E-state index in [4.69, 9.17) is 9.47 Å². The Hall–Kier alpha value is -2.31. The number of hydrogen-bond donors (Lipinski definition) is 1. The van der Waals surface area contributed by atoms with Crippen molar-refractivity contribution >= 4 is 10.0 Å². The molecule has 0 saturated heterocycles. The molecule has 0 radical (unpaired) electrons. The van der Waals surface area contributed by atoms with E-state index in [0.717, 1.165) is 23.1 Å². The zero-order chi connectivity index (χ0) is 20.0. The van der Waals surface area contributed by atoms with Crippen LogP contribution in [0.1, 0.15) is 24.5 Å². The van der Waals surface area contributed by atoms with Gasteiger partial charge in [0.15, 0.2) is 11.5 Å². The Kier molecular flexibility index (Phi) is 7.05. The molecular formula is C21H27NO4S. The van der Waals surface area contributed by atoms with Crippen molar-refractivity contribution in [3.63, 3.8) is 0 Å². The van der Waals surface area contributed by atoms with E-state index >= 15 is 0 Å². The second-order valence-corrected chi connectivity index (χ2v) is 8.22. The van der Waals surface area contributed by atoms with Crippen molar-refractivity contribution in [2.75, 3.05) is 14.2 Å². The first-order valence-corrected chi connectivity index (χ1v) is 10.2. The smallest absolute Gasteiger partial charge is 0.241 e. The zero-order valence-electron chi connectivity index (χ0n) is 16.3. The third-order valence-corrected chi connectivity index (χ3v) is 6.01. The highest BCUT2D eigenvalue weighted by atomic mass is 32.2. The van der Waals surface area contributed by atoms with Gasteiger partial charge in [0.1, 0.15) is 0 Å². The van der Waals surface area contributed by atoms with Crippen LogP contribution in [0, 0.1) is 6.92 Å². The summed E-state index contributed by atoms with van der Waals surface area (Å²) in [5.74, 6) is 1.35. The van der Waals surface area contributed by atoms with Crippen molar-refractivity contribution in [2.45, 2.75) is 37.6 Å². The minimum Gasteiger partial charge on any atom is -0.493 e. The standard InChI is InChI=1S/C21H27NO4S/c1-15-6-11-19(12-7-15)27(23,24)22-17(3)16(2)8-9-18-10-13-20(25-4)21(14-18)26-5/h6-7,10-14,17,22H,2,8-9H2,1,3-5H3. The Bertz CT molecular complexity index is 889. The molecular weight excluding hydrogens is 362 g/mol. The SMILES string of the molecule is C=C(CCc1ccc(OC)c(OC)c1)C(C)NS(=O)(=O)c1ccc(C)cc1. The molecule has 0 aliphatic carbocycles. The normalized spacial score (nSPS) is 12.4. The van der Waals surface area contributed by atoms with Gasteiger partial charge in [-0.2, -0.15) is 0 Å². The number of rotatable bonds is 9. The summed E-state index contributed by atoms with van der Waals surface area (Å²) >= 11 is 0. The fraction of sp³-hybridized carbons (Fsp3) is 0.333. The van der Waals surface area contributed by atoms with Gasteiger partial charge in [0.25, 0.3) is 0 Å². The van der Waals surface area contributed by atoms with Gasteiger partial charge >= 0.3 is 0 Å². The third kappa shape index (κ3) is 5.58. The van der Waals surface area contributed by atoms with E-state index in [1.165, 1.54) is 0 Å².